The zero-order valence-corrected chi connectivity index (χ0v) is 17.5. The van der Waals surface area contributed by atoms with Crippen molar-refractivity contribution in [1.82, 2.24) is 0 Å². The van der Waals surface area contributed by atoms with E-state index >= 15 is 0 Å². The Kier molecular flexibility index (Phi) is 5.24. The summed E-state index contributed by atoms with van der Waals surface area (Å²) >= 11 is 0. The van der Waals surface area contributed by atoms with Crippen molar-refractivity contribution < 1.29 is 28.5 Å². The van der Waals surface area contributed by atoms with Crippen LogP contribution in [0.15, 0.2) is 36.1 Å². The van der Waals surface area contributed by atoms with E-state index in [2.05, 4.69) is 13.8 Å². The topological polar surface area (TPSA) is 71.1 Å². The van der Waals surface area contributed by atoms with E-state index < -0.39 is 0 Å². The van der Waals surface area contributed by atoms with E-state index in [4.69, 9.17) is 18.9 Å². The Balaban J connectivity index is 1.75. The lowest BCUT2D eigenvalue weighted by atomic mass is 9.84. The highest BCUT2D eigenvalue weighted by Gasteiger charge is 2.38. The van der Waals surface area contributed by atoms with Crippen LogP contribution in [0, 0.1) is 5.92 Å². The van der Waals surface area contributed by atoms with Crippen LogP contribution in [0.4, 0.5) is 0 Å². The van der Waals surface area contributed by atoms with Crippen molar-refractivity contribution in [2.75, 3.05) is 14.2 Å². The highest BCUT2D eigenvalue weighted by molar-refractivity contribution is 6.15. The summed E-state index contributed by atoms with van der Waals surface area (Å²) in [4.78, 5) is 25.1. The number of fused-ring (bicyclic) bond motifs is 3. The molecule has 6 heteroatoms. The van der Waals surface area contributed by atoms with Crippen LogP contribution in [-0.4, -0.2) is 26.0 Å². The van der Waals surface area contributed by atoms with E-state index in [0.717, 1.165) is 12.0 Å². The fourth-order valence-corrected chi connectivity index (χ4v) is 4.05. The van der Waals surface area contributed by atoms with Gasteiger partial charge in [-0.15, -0.1) is 0 Å². The number of ether oxygens (including phenoxy) is 4. The lowest BCUT2D eigenvalue weighted by Gasteiger charge is -2.27. The maximum absolute atomic E-state index is 13.0. The van der Waals surface area contributed by atoms with Gasteiger partial charge in [-0.1, -0.05) is 13.8 Å². The molecular weight excluding hydrogens is 384 g/mol. The molecule has 0 bridgehead atoms. The van der Waals surface area contributed by atoms with Gasteiger partial charge >= 0.3 is 5.97 Å². The van der Waals surface area contributed by atoms with Gasteiger partial charge in [-0.3, -0.25) is 9.59 Å². The van der Waals surface area contributed by atoms with Crippen molar-refractivity contribution in [2.45, 2.75) is 32.6 Å². The molecule has 2 aromatic rings. The summed E-state index contributed by atoms with van der Waals surface area (Å²) in [7, 11) is 3.14. The third-order valence-electron chi connectivity index (χ3n) is 5.36. The highest BCUT2D eigenvalue weighted by Crippen LogP contribution is 2.48. The van der Waals surface area contributed by atoms with Crippen molar-refractivity contribution in [3.63, 3.8) is 0 Å². The van der Waals surface area contributed by atoms with Crippen LogP contribution in [0.5, 0.6) is 23.0 Å². The predicted octanol–water partition coefficient (Wildman–Crippen LogP) is 4.76. The number of benzene rings is 2. The number of esters is 1. The third-order valence-corrected chi connectivity index (χ3v) is 5.36. The molecule has 0 aliphatic carbocycles. The Morgan fingerprint density at radius 3 is 2.60 bits per heavy atom. The molecule has 0 amide bonds. The average Bonchev–Trinajstić information content (AvgIpc) is 3.03. The number of Topliss-reactive ketones (excluding diaryl/α,β-unsaturated/α-hetero) is 1. The Morgan fingerprint density at radius 1 is 1.10 bits per heavy atom. The second-order valence-electron chi connectivity index (χ2n) is 7.91. The maximum atomic E-state index is 13.0. The molecule has 2 aliphatic heterocycles. The van der Waals surface area contributed by atoms with Crippen LogP contribution in [0.25, 0.3) is 6.08 Å². The van der Waals surface area contributed by atoms with E-state index in [0.29, 0.717) is 40.0 Å². The number of methoxy groups -OCH3 is 2. The summed E-state index contributed by atoms with van der Waals surface area (Å²) in [6.45, 7) is 4.21. The number of rotatable bonds is 5. The van der Waals surface area contributed by atoms with Gasteiger partial charge in [-0.05, 0) is 42.7 Å². The maximum Gasteiger partial charge on any atom is 0.311 e. The number of carbonyl (C=O) groups excluding carboxylic acids is 2. The number of allylic oxidation sites excluding steroid dienone is 1. The van der Waals surface area contributed by atoms with Gasteiger partial charge in [-0.2, -0.15) is 0 Å². The number of hydrogen-bond donors (Lipinski definition) is 0. The molecule has 2 aliphatic rings. The minimum Gasteiger partial charge on any atom is -0.497 e. The largest absolute Gasteiger partial charge is 0.497 e. The Hall–Kier alpha value is -3.28. The molecule has 0 unspecified atom stereocenters. The van der Waals surface area contributed by atoms with E-state index in [-0.39, 0.29) is 29.9 Å². The summed E-state index contributed by atoms with van der Waals surface area (Å²) in [5.74, 6) is 2.30. The van der Waals surface area contributed by atoms with E-state index in [1.54, 1.807) is 44.6 Å². The van der Waals surface area contributed by atoms with Crippen LogP contribution in [0.3, 0.4) is 0 Å². The minimum atomic E-state index is -0.254. The first-order valence-corrected chi connectivity index (χ1v) is 9.95. The quantitative estimate of drug-likeness (QED) is 0.404. The molecule has 0 N–H and O–H groups in total. The van der Waals surface area contributed by atoms with Gasteiger partial charge in [0.25, 0.3) is 0 Å². The fraction of sp³-hybridized carbons (Fsp3) is 0.333. The number of hydrogen-bond acceptors (Lipinski definition) is 6. The molecule has 2 aromatic carbocycles. The van der Waals surface area contributed by atoms with Crippen LogP contribution < -0.4 is 18.9 Å². The predicted molar refractivity (Wildman–Crippen MR) is 111 cm³/mol. The molecular formula is C24H24O6. The van der Waals surface area contributed by atoms with Crippen molar-refractivity contribution in [1.29, 1.82) is 0 Å². The normalized spacial score (nSPS) is 18.7. The molecule has 1 atom stereocenters. The first kappa shape index (κ1) is 20.0. The first-order chi connectivity index (χ1) is 14.4. The van der Waals surface area contributed by atoms with Crippen molar-refractivity contribution in [2.24, 2.45) is 5.92 Å². The summed E-state index contributed by atoms with van der Waals surface area (Å²) in [6, 6.07) is 8.70. The molecule has 0 radical (unpaired) electrons. The SMILES string of the molecule is COc1ccc(/C=C2\Oc3c(ccc4c3[C@@H](CC(C)C)CC(=O)O4)C2=O)c(OC)c1. The van der Waals surface area contributed by atoms with Gasteiger partial charge in [0.05, 0.1) is 26.2 Å². The monoisotopic (exact) mass is 408 g/mol. The van der Waals surface area contributed by atoms with Gasteiger partial charge < -0.3 is 18.9 Å². The second-order valence-corrected chi connectivity index (χ2v) is 7.91. The lowest BCUT2D eigenvalue weighted by Crippen LogP contribution is -2.21. The fourth-order valence-electron chi connectivity index (χ4n) is 4.05. The molecule has 0 fully saturated rings. The van der Waals surface area contributed by atoms with Gasteiger partial charge in [0, 0.05) is 23.1 Å². The summed E-state index contributed by atoms with van der Waals surface area (Å²) in [5.41, 5.74) is 1.99. The van der Waals surface area contributed by atoms with Crippen LogP contribution in [-0.2, 0) is 4.79 Å². The molecule has 0 saturated carbocycles. The van der Waals surface area contributed by atoms with Gasteiger partial charge in [0.2, 0.25) is 5.78 Å². The van der Waals surface area contributed by atoms with E-state index in [1.807, 2.05) is 6.07 Å². The van der Waals surface area contributed by atoms with Crippen molar-refractivity contribution in [3.05, 3.63) is 52.8 Å². The van der Waals surface area contributed by atoms with Crippen LogP contribution >= 0.6 is 0 Å². The number of carbonyl (C=O) groups is 2. The molecule has 6 nitrogen and oxygen atoms in total. The number of ketones is 1. The van der Waals surface area contributed by atoms with Crippen LogP contribution in [0.1, 0.15) is 54.1 Å². The Labute approximate surface area is 175 Å². The van der Waals surface area contributed by atoms with Gasteiger partial charge in [0.1, 0.15) is 23.0 Å². The first-order valence-electron chi connectivity index (χ1n) is 9.95. The molecule has 0 aromatic heterocycles. The molecule has 0 saturated heterocycles. The average molecular weight is 408 g/mol. The zero-order valence-electron chi connectivity index (χ0n) is 17.5. The summed E-state index contributed by atoms with van der Waals surface area (Å²) < 4.78 is 22.1. The summed E-state index contributed by atoms with van der Waals surface area (Å²) in [5, 5.41) is 0. The standard InChI is InChI=1S/C24H24O6/c1-13(2)9-15-11-21(25)29-18-8-7-17-23(26)20(30-24(17)22(15)18)10-14-5-6-16(27-3)12-19(14)28-4/h5-8,10,12-13,15H,9,11H2,1-4H3/b20-10-/t15-/m0/s1. The van der Waals surface area contributed by atoms with Gasteiger partial charge in [0.15, 0.2) is 5.76 Å². The van der Waals surface area contributed by atoms with Crippen molar-refractivity contribution in [3.8, 4) is 23.0 Å². The van der Waals surface area contributed by atoms with E-state index in [9.17, 15) is 9.59 Å². The molecule has 30 heavy (non-hydrogen) atoms. The summed E-state index contributed by atoms with van der Waals surface area (Å²) in [6.07, 6.45) is 2.76. The van der Waals surface area contributed by atoms with Gasteiger partial charge in [-0.25, -0.2) is 0 Å². The molecule has 2 heterocycles. The second kappa shape index (κ2) is 7.86. The van der Waals surface area contributed by atoms with Crippen LogP contribution in [0.2, 0.25) is 0 Å². The van der Waals surface area contributed by atoms with Crippen molar-refractivity contribution >= 4 is 17.8 Å². The van der Waals surface area contributed by atoms with E-state index in [1.165, 1.54) is 0 Å². The third kappa shape index (κ3) is 3.54. The zero-order chi connectivity index (χ0) is 21.4. The molecule has 4 rings (SSSR count). The molecule has 0 spiro atoms. The molecule has 156 valence electrons. The Morgan fingerprint density at radius 2 is 1.90 bits per heavy atom. The highest BCUT2D eigenvalue weighted by atomic mass is 16.5. The smallest absolute Gasteiger partial charge is 0.311 e. The Bertz CT molecular complexity index is 1050. The lowest BCUT2D eigenvalue weighted by molar-refractivity contribution is -0.136. The minimum absolute atomic E-state index is 0.0427.